The molecule has 6 heteroatoms. The third kappa shape index (κ3) is 8.38. The van der Waals surface area contributed by atoms with Crippen molar-refractivity contribution in [2.75, 3.05) is 5.75 Å². The maximum Gasteiger partial charge on any atom is 0.306 e. The molecule has 0 bridgehead atoms. The second-order valence-corrected chi connectivity index (χ2v) is 5.55. The molecule has 0 radical (unpaired) electrons. The van der Waals surface area contributed by atoms with Crippen molar-refractivity contribution in [2.24, 2.45) is 0 Å². The highest BCUT2D eigenvalue weighted by Crippen LogP contribution is 2.14. The van der Waals surface area contributed by atoms with Crippen molar-refractivity contribution < 1.29 is 22.5 Å². The molecule has 0 rings (SSSR count). The van der Waals surface area contributed by atoms with Crippen LogP contribution in [-0.2, 0) is 19.6 Å². The summed E-state index contributed by atoms with van der Waals surface area (Å²) < 4.78 is 34.2. The molecule has 0 atom stereocenters. The Morgan fingerprint density at radius 1 is 1.40 bits per heavy atom. The lowest BCUT2D eigenvalue weighted by Crippen LogP contribution is -2.27. The Kier molecular flexibility index (Phi) is 5.23. The lowest BCUT2D eigenvalue weighted by atomic mass is 10.1. The van der Waals surface area contributed by atoms with E-state index in [4.69, 9.17) is 9.29 Å². The molecule has 0 aliphatic heterocycles. The molecular weight excluding hydrogens is 220 g/mol. The second kappa shape index (κ2) is 5.46. The molecule has 0 heterocycles. The van der Waals surface area contributed by atoms with Crippen molar-refractivity contribution in [2.45, 2.75) is 45.6 Å². The molecule has 0 aromatic heterocycles. The van der Waals surface area contributed by atoms with Gasteiger partial charge < -0.3 is 4.74 Å². The van der Waals surface area contributed by atoms with E-state index in [1.807, 2.05) is 6.92 Å². The number of carbonyl (C=O) groups is 1. The Hall–Kier alpha value is -0.620. The maximum atomic E-state index is 11.2. The van der Waals surface area contributed by atoms with E-state index in [2.05, 4.69) is 0 Å². The van der Waals surface area contributed by atoms with E-state index in [9.17, 15) is 13.2 Å². The van der Waals surface area contributed by atoms with Crippen LogP contribution in [0.25, 0.3) is 0 Å². The smallest absolute Gasteiger partial charge is 0.306 e. The van der Waals surface area contributed by atoms with Crippen molar-refractivity contribution in [1.82, 2.24) is 0 Å². The molecule has 0 aromatic rings. The van der Waals surface area contributed by atoms with E-state index in [1.165, 1.54) is 0 Å². The van der Waals surface area contributed by atoms with Crippen molar-refractivity contribution in [3.8, 4) is 0 Å². The van der Waals surface area contributed by atoms with Gasteiger partial charge in [0.15, 0.2) is 0 Å². The number of carbonyl (C=O) groups excluding carboxylic acids is 1. The van der Waals surface area contributed by atoms with Gasteiger partial charge in [-0.1, -0.05) is 6.92 Å². The number of rotatable bonds is 6. The standard InChI is InChI=1S/C9H18O5S/c1-4-9(2,3)14-8(10)6-5-7-15(11,12)13/h4-7H2,1-3H3,(H,11,12,13). The zero-order valence-corrected chi connectivity index (χ0v) is 10.1. The number of hydrogen-bond acceptors (Lipinski definition) is 4. The molecule has 0 aliphatic carbocycles. The predicted molar refractivity (Wildman–Crippen MR) is 56.1 cm³/mol. The van der Waals surface area contributed by atoms with Crippen LogP contribution in [0.1, 0.15) is 40.0 Å². The first-order valence-electron chi connectivity index (χ1n) is 4.83. The lowest BCUT2D eigenvalue weighted by molar-refractivity contribution is -0.156. The van der Waals surface area contributed by atoms with E-state index in [-0.39, 0.29) is 12.8 Å². The molecule has 0 unspecified atom stereocenters. The van der Waals surface area contributed by atoms with Crippen molar-refractivity contribution in [3.63, 3.8) is 0 Å². The van der Waals surface area contributed by atoms with E-state index in [0.29, 0.717) is 6.42 Å². The minimum atomic E-state index is -3.98. The highest BCUT2D eigenvalue weighted by Gasteiger charge is 2.20. The minimum absolute atomic E-state index is 0.00319. The highest BCUT2D eigenvalue weighted by molar-refractivity contribution is 7.85. The van der Waals surface area contributed by atoms with Gasteiger partial charge in [0, 0.05) is 6.42 Å². The van der Waals surface area contributed by atoms with Crippen LogP contribution in [0.3, 0.4) is 0 Å². The number of hydrogen-bond donors (Lipinski definition) is 1. The van der Waals surface area contributed by atoms with Gasteiger partial charge in [-0.3, -0.25) is 9.35 Å². The molecule has 0 aliphatic rings. The SMILES string of the molecule is CCC(C)(C)OC(=O)CCCS(=O)(=O)O. The first-order chi connectivity index (χ1) is 6.66. The fourth-order valence-corrected chi connectivity index (χ4v) is 1.34. The summed E-state index contributed by atoms with van der Waals surface area (Å²) in [4.78, 5) is 11.2. The van der Waals surface area contributed by atoms with E-state index in [1.54, 1.807) is 13.8 Å². The van der Waals surface area contributed by atoms with Gasteiger partial charge in [-0.25, -0.2) is 0 Å². The first-order valence-corrected chi connectivity index (χ1v) is 6.44. The summed E-state index contributed by atoms with van der Waals surface area (Å²) in [6.45, 7) is 5.47. The van der Waals surface area contributed by atoms with Gasteiger partial charge in [0.1, 0.15) is 5.60 Å². The first kappa shape index (κ1) is 14.4. The van der Waals surface area contributed by atoms with E-state index >= 15 is 0 Å². The molecule has 15 heavy (non-hydrogen) atoms. The Morgan fingerprint density at radius 2 is 1.93 bits per heavy atom. The number of ether oxygens (including phenoxy) is 1. The van der Waals surface area contributed by atoms with Gasteiger partial charge in [-0.05, 0) is 26.7 Å². The Morgan fingerprint density at radius 3 is 2.33 bits per heavy atom. The van der Waals surface area contributed by atoms with Gasteiger partial charge in [0.2, 0.25) is 0 Å². The molecule has 0 saturated carbocycles. The molecule has 0 spiro atoms. The molecule has 0 amide bonds. The normalized spacial score (nSPS) is 12.5. The Labute approximate surface area is 90.6 Å². The van der Waals surface area contributed by atoms with Crippen LogP contribution in [0, 0.1) is 0 Å². The monoisotopic (exact) mass is 238 g/mol. The zero-order chi connectivity index (χ0) is 12.1. The molecule has 0 saturated heterocycles. The van der Waals surface area contributed by atoms with Gasteiger partial charge in [0.25, 0.3) is 10.1 Å². The third-order valence-corrected chi connectivity index (χ3v) is 2.83. The maximum absolute atomic E-state index is 11.2. The Bertz CT molecular complexity index is 304. The highest BCUT2D eigenvalue weighted by atomic mass is 32.2. The fraction of sp³-hybridized carbons (Fsp3) is 0.889. The summed E-state index contributed by atoms with van der Waals surface area (Å²) in [5, 5.41) is 0. The largest absolute Gasteiger partial charge is 0.460 e. The number of esters is 1. The van der Waals surface area contributed by atoms with Gasteiger partial charge >= 0.3 is 5.97 Å². The molecular formula is C9H18O5S. The van der Waals surface area contributed by atoms with Gasteiger partial charge in [-0.2, -0.15) is 8.42 Å². The average Bonchev–Trinajstić information content (AvgIpc) is 2.00. The summed E-state index contributed by atoms with van der Waals surface area (Å²) in [5.41, 5.74) is -0.519. The molecule has 5 nitrogen and oxygen atoms in total. The van der Waals surface area contributed by atoms with Crippen molar-refractivity contribution >= 4 is 16.1 Å². The zero-order valence-electron chi connectivity index (χ0n) is 9.32. The summed E-state index contributed by atoms with van der Waals surface area (Å²) in [6.07, 6.45) is 0.776. The van der Waals surface area contributed by atoms with E-state index in [0.717, 1.165) is 0 Å². The Balaban J connectivity index is 3.87. The molecule has 0 fully saturated rings. The van der Waals surface area contributed by atoms with Gasteiger partial charge in [0.05, 0.1) is 5.75 Å². The summed E-state index contributed by atoms with van der Waals surface area (Å²) >= 11 is 0. The van der Waals surface area contributed by atoms with Crippen molar-refractivity contribution in [1.29, 1.82) is 0 Å². The van der Waals surface area contributed by atoms with Crippen molar-refractivity contribution in [3.05, 3.63) is 0 Å². The molecule has 0 aromatic carbocycles. The van der Waals surface area contributed by atoms with Gasteiger partial charge in [-0.15, -0.1) is 0 Å². The molecule has 1 N–H and O–H groups in total. The summed E-state index contributed by atoms with van der Waals surface area (Å²) in [5.74, 6) is -0.847. The third-order valence-electron chi connectivity index (χ3n) is 2.02. The van der Waals surface area contributed by atoms with Crippen LogP contribution in [-0.4, -0.2) is 30.3 Å². The minimum Gasteiger partial charge on any atom is -0.460 e. The average molecular weight is 238 g/mol. The molecule has 90 valence electrons. The predicted octanol–water partition coefficient (Wildman–Crippen LogP) is 1.39. The summed E-state index contributed by atoms with van der Waals surface area (Å²) in [6, 6.07) is 0. The second-order valence-electron chi connectivity index (χ2n) is 3.98. The van der Waals surface area contributed by atoms with Crippen LogP contribution in [0.5, 0.6) is 0 Å². The summed E-state index contributed by atoms with van der Waals surface area (Å²) in [7, 11) is -3.98. The van der Waals surface area contributed by atoms with Crippen LogP contribution in [0.15, 0.2) is 0 Å². The topological polar surface area (TPSA) is 80.7 Å². The lowest BCUT2D eigenvalue weighted by Gasteiger charge is -2.23. The van der Waals surface area contributed by atoms with Crippen LogP contribution in [0.4, 0.5) is 0 Å². The van der Waals surface area contributed by atoms with E-state index < -0.39 is 27.4 Å². The quantitative estimate of drug-likeness (QED) is 0.558. The van der Waals surface area contributed by atoms with Crippen LogP contribution >= 0.6 is 0 Å². The van der Waals surface area contributed by atoms with Crippen LogP contribution in [0.2, 0.25) is 0 Å². The fourth-order valence-electron chi connectivity index (χ4n) is 0.830. The van der Waals surface area contributed by atoms with Crippen LogP contribution < -0.4 is 0 Å².